The van der Waals surface area contributed by atoms with Gasteiger partial charge in [-0.1, -0.05) is 41.9 Å². The SMILES string of the molecule is CCOC(=O)CNS(=O)(=O)c1ccc(CC2CCN(CCCN(C(=O)Nc3ccc(Cl)cc3)c3ccccc3)CC2)cc1. The van der Waals surface area contributed by atoms with Crippen molar-refractivity contribution in [2.24, 2.45) is 5.92 Å². The van der Waals surface area contributed by atoms with E-state index in [4.69, 9.17) is 16.3 Å². The Morgan fingerprint density at radius 1 is 0.977 bits per heavy atom. The van der Waals surface area contributed by atoms with Crippen LogP contribution in [0.25, 0.3) is 0 Å². The van der Waals surface area contributed by atoms with Crippen LogP contribution in [0.5, 0.6) is 0 Å². The molecule has 0 bridgehead atoms. The van der Waals surface area contributed by atoms with Crippen LogP contribution in [-0.4, -0.2) is 64.6 Å². The number of carbonyl (C=O) groups excluding carboxylic acids is 2. The largest absolute Gasteiger partial charge is 0.465 e. The molecule has 230 valence electrons. The van der Waals surface area contributed by atoms with Gasteiger partial charge in [-0.3, -0.25) is 9.69 Å². The average Bonchev–Trinajstić information content (AvgIpc) is 3.01. The fourth-order valence-electron chi connectivity index (χ4n) is 5.13. The molecule has 2 N–H and O–H groups in total. The molecule has 0 saturated carbocycles. The number of benzene rings is 3. The number of para-hydroxylation sites is 1. The topological polar surface area (TPSA) is 108 Å². The molecule has 3 aromatic rings. The molecular formula is C32H39ClN4O5S. The molecule has 1 aliphatic heterocycles. The van der Waals surface area contributed by atoms with E-state index in [9.17, 15) is 18.0 Å². The first-order chi connectivity index (χ1) is 20.7. The highest BCUT2D eigenvalue weighted by molar-refractivity contribution is 7.89. The summed E-state index contributed by atoms with van der Waals surface area (Å²) in [6, 6.07) is 23.4. The minimum atomic E-state index is -3.78. The van der Waals surface area contributed by atoms with Gasteiger partial charge in [0.25, 0.3) is 0 Å². The van der Waals surface area contributed by atoms with Crippen LogP contribution in [0.1, 0.15) is 31.7 Å². The minimum absolute atomic E-state index is 0.127. The van der Waals surface area contributed by atoms with Crippen molar-refractivity contribution in [3.63, 3.8) is 0 Å². The maximum absolute atomic E-state index is 13.2. The number of esters is 1. The van der Waals surface area contributed by atoms with E-state index >= 15 is 0 Å². The Kier molecular flexibility index (Phi) is 12.0. The lowest BCUT2D eigenvalue weighted by Crippen LogP contribution is -2.39. The van der Waals surface area contributed by atoms with E-state index in [0.29, 0.717) is 23.2 Å². The van der Waals surface area contributed by atoms with Gasteiger partial charge in [-0.2, -0.15) is 4.72 Å². The molecule has 0 aliphatic carbocycles. The molecule has 1 aliphatic rings. The Bertz CT molecular complexity index is 1430. The highest BCUT2D eigenvalue weighted by Crippen LogP contribution is 2.23. The molecule has 0 spiro atoms. The maximum Gasteiger partial charge on any atom is 0.326 e. The minimum Gasteiger partial charge on any atom is -0.465 e. The number of sulfonamides is 1. The summed E-state index contributed by atoms with van der Waals surface area (Å²) < 4.78 is 32.0. The first-order valence-electron chi connectivity index (χ1n) is 14.6. The Labute approximate surface area is 259 Å². The van der Waals surface area contributed by atoms with Gasteiger partial charge >= 0.3 is 12.0 Å². The number of hydrogen-bond acceptors (Lipinski definition) is 6. The Hall–Kier alpha value is -3.44. The second kappa shape index (κ2) is 15.9. The molecule has 1 fully saturated rings. The number of anilines is 2. The third-order valence-electron chi connectivity index (χ3n) is 7.44. The monoisotopic (exact) mass is 626 g/mol. The van der Waals surface area contributed by atoms with Crippen molar-refractivity contribution >= 4 is 45.0 Å². The fraction of sp³-hybridized carbons (Fsp3) is 0.375. The molecule has 1 saturated heterocycles. The van der Waals surface area contributed by atoms with Gasteiger partial charge in [0.1, 0.15) is 6.54 Å². The van der Waals surface area contributed by atoms with Crippen LogP contribution in [0.4, 0.5) is 16.2 Å². The third-order valence-corrected chi connectivity index (χ3v) is 9.11. The van der Waals surface area contributed by atoms with Crippen molar-refractivity contribution < 1.29 is 22.7 Å². The Morgan fingerprint density at radius 2 is 1.65 bits per heavy atom. The highest BCUT2D eigenvalue weighted by Gasteiger charge is 2.22. The van der Waals surface area contributed by atoms with E-state index in [0.717, 1.165) is 56.6 Å². The number of likely N-dealkylation sites (tertiary alicyclic amines) is 1. The van der Waals surface area contributed by atoms with E-state index in [2.05, 4.69) is 14.9 Å². The summed E-state index contributed by atoms with van der Waals surface area (Å²) in [5, 5.41) is 3.59. The molecular weight excluding hydrogens is 588 g/mol. The van der Waals surface area contributed by atoms with Crippen molar-refractivity contribution in [3.05, 3.63) is 89.4 Å². The Morgan fingerprint density at radius 3 is 2.30 bits per heavy atom. The first kappa shape index (κ1) is 32.5. The maximum atomic E-state index is 13.2. The second-order valence-corrected chi connectivity index (χ2v) is 12.7. The summed E-state index contributed by atoms with van der Waals surface area (Å²) in [5.74, 6) is -0.0890. The van der Waals surface area contributed by atoms with Crippen LogP contribution >= 0.6 is 11.6 Å². The van der Waals surface area contributed by atoms with Crippen LogP contribution in [0.15, 0.2) is 83.8 Å². The van der Waals surface area contributed by atoms with Crippen LogP contribution in [0.2, 0.25) is 5.02 Å². The number of nitrogens with one attached hydrogen (secondary N) is 2. The molecule has 9 nitrogen and oxygen atoms in total. The molecule has 2 amide bonds. The van der Waals surface area contributed by atoms with Gasteiger partial charge in [-0.25, -0.2) is 13.2 Å². The zero-order valence-electron chi connectivity index (χ0n) is 24.4. The Balaban J connectivity index is 1.22. The molecule has 1 heterocycles. The summed E-state index contributed by atoms with van der Waals surface area (Å²) >= 11 is 5.98. The van der Waals surface area contributed by atoms with Crippen molar-refractivity contribution in [3.8, 4) is 0 Å². The number of hydrogen-bond donors (Lipinski definition) is 2. The van der Waals surface area contributed by atoms with Crippen molar-refractivity contribution in [2.45, 2.75) is 37.5 Å². The molecule has 0 aromatic heterocycles. The lowest BCUT2D eigenvalue weighted by molar-refractivity contribution is -0.141. The summed E-state index contributed by atoms with van der Waals surface area (Å²) in [7, 11) is -3.78. The lowest BCUT2D eigenvalue weighted by Gasteiger charge is -2.32. The molecule has 3 aromatic carbocycles. The summed E-state index contributed by atoms with van der Waals surface area (Å²) in [5.41, 5.74) is 2.63. The smallest absolute Gasteiger partial charge is 0.326 e. The quantitative estimate of drug-likeness (QED) is 0.240. The third kappa shape index (κ3) is 10.1. The molecule has 0 radical (unpaired) electrons. The van der Waals surface area contributed by atoms with Gasteiger partial charge in [0, 0.05) is 22.9 Å². The first-order valence-corrected chi connectivity index (χ1v) is 16.5. The average molecular weight is 627 g/mol. The number of rotatable bonds is 13. The van der Waals surface area contributed by atoms with Crippen LogP contribution < -0.4 is 14.9 Å². The second-order valence-electron chi connectivity index (χ2n) is 10.5. The van der Waals surface area contributed by atoms with Crippen molar-refractivity contribution in [1.29, 1.82) is 0 Å². The van der Waals surface area contributed by atoms with Crippen LogP contribution in [0.3, 0.4) is 0 Å². The standard InChI is InChI=1S/C32H39ClN4O5S/c1-2-42-31(38)24-34-43(40,41)30-15-9-25(10-16-30)23-26-17-21-36(22-18-26)19-6-20-37(29-7-4-3-5-8-29)32(39)35-28-13-11-27(33)12-14-28/h3-5,7-16,26,34H,2,6,17-24H2,1H3,(H,35,39). The van der Waals surface area contributed by atoms with E-state index in [1.54, 1.807) is 48.2 Å². The van der Waals surface area contributed by atoms with Gasteiger partial charge in [-0.15, -0.1) is 0 Å². The molecule has 43 heavy (non-hydrogen) atoms. The van der Waals surface area contributed by atoms with E-state index in [1.807, 2.05) is 42.5 Å². The molecule has 0 unspecified atom stereocenters. The van der Waals surface area contributed by atoms with Gasteiger partial charge in [-0.05, 0) is 112 Å². The summed E-state index contributed by atoms with van der Waals surface area (Å²) in [6.07, 6.45) is 3.84. The molecule has 0 atom stereocenters. The summed E-state index contributed by atoms with van der Waals surface area (Å²) in [4.78, 5) is 29.0. The number of carbonyl (C=O) groups is 2. The number of urea groups is 1. The van der Waals surface area contributed by atoms with Gasteiger partial charge < -0.3 is 15.0 Å². The van der Waals surface area contributed by atoms with Gasteiger partial charge in [0.2, 0.25) is 10.0 Å². The normalized spacial score (nSPS) is 14.3. The number of nitrogens with zero attached hydrogens (tertiary/aromatic N) is 2. The van der Waals surface area contributed by atoms with Crippen molar-refractivity contribution in [2.75, 3.05) is 49.5 Å². The number of amides is 2. The predicted molar refractivity (Wildman–Crippen MR) is 170 cm³/mol. The molecule has 4 rings (SSSR count). The fourth-order valence-corrected chi connectivity index (χ4v) is 6.23. The van der Waals surface area contributed by atoms with E-state index in [-0.39, 0.29) is 17.5 Å². The van der Waals surface area contributed by atoms with Crippen LogP contribution in [0, 0.1) is 5.92 Å². The van der Waals surface area contributed by atoms with E-state index < -0.39 is 22.5 Å². The lowest BCUT2D eigenvalue weighted by atomic mass is 9.90. The number of halogens is 1. The zero-order valence-corrected chi connectivity index (χ0v) is 25.9. The molecule has 11 heteroatoms. The van der Waals surface area contributed by atoms with Gasteiger partial charge in [0.15, 0.2) is 0 Å². The zero-order chi connectivity index (χ0) is 30.7. The van der Waals surface area contributed by atoms with Crippen molar-refractivity contribution in [1.82, 2.24) is 9.62 Å². The summed E-state index contributed by atoms with van der Waals surface area (Å²) in [6.45, 7) is 4.93. The van der Waals surface area contributed by atoms with Crippen LogP contribution in [-0.2, 0) is 26.0 Å². The number of piperidine rings is 1. The van der Waals surface area contributed by atoms with Gasteiger partial charge in [0.05, 0.1) is 11.5 Å². The predicted octanol–water partition coefficient (Wildman–Crippen LogP) is 5.56. The van der Waals surface area contributed by atoms with E-state index in [1.165, 1.54) is 0 Å². The highest BCUT2D eigenvalue weighted by atomic mass is 35.5. The number of ether oxygens (including phenoxy) is 1.